The Labute approximate surface area is 94.7 Å². The van der Waals surface area contributed by atoms with E-state index in [1.807, 2.05) is 0 Å². The maximum absolute atomic E-state index is 10.6. The zero-order chi connectivity index (χ0) is 11.4. The quantitative estimate of drug-likeness (QED) is 0.848. The second-order valence-electron chi connectivity index (χ2n) is 4.40. The van der Waals surface area contributed by atoms with Crippen LogP contribution in [0.1, 0.15) is 48.3 Å². The van der Waals surface area contributed by atoms with Gasteiger partial charge >= 0.3 is 5.97 Å². The van der Waals surface area contributed by atoms with Gasteiger partial charge in [0, 0.05) is 18.8 Å². The van der Waals surface area contributed by atoms with Gasteiger partial charge in [0.1, 0.15) is 5.82 Å². The fraction of sp³-hybridized carbons (Fsp3) is 0.583. The lowest BCUT2D eigenvalue weighted by atomic mass is 9.87. The van der Waals surface area contributed by atoms with Crippen molar-refractivity contribution >= 4 is 5.97 Å². The van der Waals surface area contributed by atoms with Crippen molar-refractivity contribution in [3.8, 4) is 0 Å². The molecule has 0 saturated heterocycles. The summed E-state index contributed by atoms with van der Waals surface area (Å²) < 4.78 is 0. The number of carboxylic acids is 1. The number of carbonyl (C=O) groups is 1. The van der Waals surface area contributed by atoms with Gasteiger partial charge in [-0.1, -0.05) is 32.1 Å². The minimum atomic E-state index is -0.968. The Bertz CT molecular complexity index is 356. The molecule has 1 N–H and O–H groups in total. The Morgan fingerprint density at radius 3 is 2.44 bits per heavy atom. The van der Waals surface area contributed by atoms with E-state index in [9.17, 15) is 4.79 Å². The number of aromatic nitrogens is 2. The molecule has 1 fully saturated rings. The van der Waals surface area contributed by atoms with Gasteiger partial charge in [0.25, 0.3) is 0 Å². The predicted octanol–water partition coefficient (Wildman–Crippen LogP) is 2.30. The van der Waals surface area contributed by atoms with Gasteiger partial charge in [-0.05, 0) is 5.92 Å². The molecule has 2 rings (SSSR count). The van der Waals surface area contributed by atoms with Gasteiger partial charge in [-0.2, -0.15) is 0 Å². The third-order valence-corrected chi connectivity index (χ3v) is 3.15. The second-order valence-corrected chi connectivity index (χ2v) is 4.40. The molecule has 0 atom stereocenters. The summed E-state index contributed by atoms with van der Waals surface area (Å²) in [5, 5.41) is 8.72. The highest BCUT2D eigenvalue weighted by atomic mass is 16.4. The molecule has 0 bridgehead atoms. The van der Waals surface area contributed by atoms with Gasteiger partial charge in [-0.3, -0.25) is 0 Å². The topological polar surface area (TPSA) is 63.1 Å². The van der Waals surface area contributed by atoms with E-state index in [4.69, 9.17) is 5.11 Å². The van der Waals surface area contributed by atoms with Crippen molar-refractivity contribution < 1.29 is 9.90 Å². The summed E-state index contributed by atoms with van der Waals surface area (Å²) in [6.07, 6.45) is 10.1. The SMILES string of the molecule is O=C(O)c1cnc(CC2CCCCC2)nc1. The normalized spacial score (nSPS) is 17.2. The summed E-state index contributed by atoms with van der Waals surface area (Å²) in [5.74, 6) is 0.491. The van der Waals surface area contributed by atoms with Crippen molar-refractivity contribution in [2.45, 2.75) is 38.5 Å². The molecule has 16 heavy (non-hydrogen) atoms. The number of carboxylic acid groups (broad SMARTS) is 1. The van der Waals surface area contributed by atoms with Crippen LogP contribution in [-0.4, -0.2) is 21.0 Å². The second kappa shape index (κ2) is 5.05. The van der Waals surface area contributed by atoms with Gasteiger partial charge in [-0.25, -0.2) is 14.8 Å². The van der Waals surface area contributed by atoms with Crippen LogP contribution in [0.25, 0.3) is 0 Å². The van der Waals surface area contributed by atoms with Gasteiger partial charge in [-0.15, -0.1) is 0 Å². The highest BCUT2D eigenvalue weighted by Crippen LogP contribution is 2.25. The van der Waals surface area contributed by atoms with Crippen LogP contribution in [0.15, 0.2) is 12.4 Å². The minimum Gasteiger partial charge on any atom is -0.478 e. The lowest BCUT2D eigenvalue weighted by molar-refractivity contribution is 0.0696. The molecule has 0 spiro atoms. The fourth-order valence-electron chi connectivity index (χ4n) is 2.22. The first-order chi connectivity index (χ1) is 7.75. The smallest absolute Gasteiger partial charge is 0.338 e. The zero-order valence-corrected chi connectivity index (χ0v) is 9.22. The van der Waals surface area contributed by atoms with E-state index < -0.39 is 5.97 Å². The van der Waals surface area contributed by atoms with Crippen molar-refractivity contribution in [2.75, 3.05) is 0 Å². The van der Waals surface area contributed by atoms with E-state index in [1.54, 1.807) is 0 Å². The van der Waals surface area contributed by atoms with E-state index in [0.29, 0.717) is 5.92 Å². The lowest BCUT2D eigenvalue weighted by Gasteiger charge is -2.20. The monoisotopic (exact) mass is 220 g/mol. The maximum Gasteiger partial charge on any atom is 0.338 e. The van der Waals surface area contributed by atoms with Crippen LogP contribution in [0, 0.1) is 5.92 Å². The summed E-state index contributed by atoms with van der Waals surface area (Å²) in [4.78, 5) is 18.8. The number of hydrogen-bond acceptors (Lipinski definition) is 3. The Hall–Kier alpha value is -1.45. The molecular weight excluding hydrogens is 204 g/mol. The molecule has 1 aliphatic rings. The summed E-state index contributed by atoms with van der Waals surface area (Å²) in [5.41, 5.74) is 0.160. The van der Waals surface area contributed by atoms with Gasteiger partial charge in [0.15, 0.2) is 0 Å². The van der Waals surface area contributed by atoms with E-state index in [0.717, 1.165) is 12.2 Å². The average Bonchev–Trinajstić information content (AvgIpc) is 2.31. The van der Waals surface area contributed by atoms with Crippen LogP contribution in [0.5, 0.6) is 0 Å². The van der Waals surface area contributed by atoms with E-state index >= 15 is 0 Å². The molecule has 0 aliphatic heterocycles. The first-order valence-electron chi connectivity index (χ1n) is 5.80. The summed E-state index contributed by atoms with van der Waals surface area (Å²) in [6.45, 7) is 0. The molecule has 1 heterocycles. The van der Waals surface area contributed by atoms with E-state index in [2.05, 4.69) is 9.97 Å². The van der Waals surface area contributed by atoms with Crippen molar-refractivity contribution in [1.82, 2.24) is 9.97 Å². The van der Waals surface area contributed by atoms with Crippen molar-refractivity contribution in [3.05, 3.63) is 23.8 Å². The molecule has 0 unspecified atom stereocenters. The maximum atomic E-state index is 10.6. The number of aromatic carboxylic acids is 1. The van der Waals surface area contributed by atoms with Gasteiger partial charge in [0.2, 0.25) is 0 Å². The zero-order valence-electron chi connectivity index (χ0n) is 9.22. The Morgan fingerprint density at radius 1 is 1.25 bits per heavy atom. The molecule has 1 aromatic rings. The molecule has 1 saturated carbocycles. The number of rotatable bonds is 3. The number of nitrogens with zero attached hydrogens (tertiary/aromatic N) is 2. The Balaban J connectivity index is 1.96. The molecule has 0 aromatic carbocycles. The lowest BCUT2D eigenvalue weighted by Crippen LogP contribution is -2.12. The van der Waals surface area contributed by atoms with Crippen molar-refractivity contribution in [3.63, 3.8) is 0 Å². The molecule has 0 radical (unpaired) electrons. The highest BCUT2D eigenvalue weighted by molar-refractivity contribution is 5.86. The molecule has 1 aliphatic carbocycles. The third kappa shape index (κ3) is 2.78. The van der Waals surface area contributed by atoms with E-state index in [1.165, 1.54) is 44.5 Å². The van der Waals surface area contributed by atoms with Crippen molar-refractivity contribution in [1.29, 1.82) is 0 Å². The summed E-state index contributed by atoms with van der Waals surface area (Å²) >= 11 is 0. The fourth-order valence-corrected chi connectivity index (χ4v) is 2.22. The van der Waals surface area contributed by atoms with Crippen LogP contribution in [0.2, 0.25) is 0 Å². The highest BCUT2D eigenvalue weighted by Gasteiger charge is 2.15. The van der Waals surface area contributed by atoms with Crippen LogP contribution in [0.4, 0.5) is 0 Å². The Kier molecular flexibility index (Phi) is 3.49. The van der Waals surface area contributed by atoms with Crippen LogP contribution < -0.4 is 0 Å². The number of hydrogen-bond donors (Lipinski definition) is 1. The van der Waals surface area contributed by atoms with Gasteiger partial charge in [0.05, 0.1) is 5.56 Å². The molecule has 1 aromatic heterocycles. The average molecular weight is 220 g/mol. The molecule has 0 amide bonds. The van der Waals surface area contributed by atoms with E-state index in [-0.39, 0.29) is 5.56 Å². The van der Waals surface area contributed by atoms with Crippen molar-refractivity contribution in [2.24, 2.45) is 5.92 Å². The minimum absolute atomic E-state index is 0.160. The largest absolute Gasteiger partial charge is 0.478 e. The van der Waals surface area contributed by atoms with Crippen LogP contribution >= 0.6 is 0 Å². The predicted molar refractivity (Wildman–Crippen MR) is 59.3 cm³/mol. The molecule has 86 valence electrons. The third-order valence-electron chi connectivity index (χ3n) is 3.15. The molecule has 4 nitrogen and oxygen atoms in total. The Morgan fingerprint density at radius 2 is 1.88 bits per heavy atom. The first-order valence-corrected chi connectivity index (χ1v) is 5.80. The molecular formula is C12H16N2O2. The summed E-state index contributed by atoms with van der Waals surface area (Å²) in [7, 11) is 0. The first kappa shape index (κ1) is 11.0. The summed E-state index contributed by atoms with van der Waals surface area (Å²) in [6, 6.07) is 0. The molecule has 4 heteroatoms. The standard InChI is InChI=1S/C12H16N2O2/c15-12(16)10-7-13-11(14-8-10)6-9-4-2-1-3-5-9/h7-9H,1-6H2,(H,15,16). The van der Waals surface area contributed by atoms with Crippen LogP contribution in [0.3, 0.4) is 0 Å². The van der Waals surface area contributed by atoms with Gasteiger partial charge < -0.3 is 5.11 Å². The van der Waals surface area contributed by atoms with Crippen LogP contribution in [-0.2, 0) is 6.42 Å².